The summed E-state index contributed by atoms with van der Waals surface area (Å²) in [4.78, 5) is 2.00. The molecule has 3 nitrogen and oxygen atoms in total. The number of nitrogens with zero attached hydrogens (tertiary/aromatic N) is 1. The number of anilines is 2. The molecule has 0 saturated heterocycles. The first kappa shape index (κ1) is 12.4. The smallest absolute Gasteiger partial charge is 0.0744 e. The highest BCUT2D eigenvalue weighted by Crippen LogP contribution is 2.34. The van der Waals surface area contributed by atoms with Crippen molar-refractivity contribution in [3.05, 3.63) is 22.2 Å². The molecule has 15 heavy (non-hydrogen) atoms. The molecule has 0 unspecified atom stereocenters. The van der Waals surface area contributed by atoms with Crippen molar-refractivity contribution < 1.29 is 0 Å². The molecular weight excluding hydrogens is 233 g/mol. The maximum absolute atomic E-state index is 6.08. The Kier molecular flexibility index (Phi) is 4.51. The van der Waals surface area contributed by atoms with Gasteiger partial charge in [0, 0.05) is 25.8 Å². The van der Waals surface area contributed by atoms with Crippen LogP contribution in [0, 0.1) is 0 Å². The van der Waals surface area contributed by atoms with Gasteiger partial charge in [0.15, 0.2) is 0 Å². The number of benzene rings is 1. The number of nitrogens with two attached hydrogens (primary N) is 1. The van der Waals surface area contributed by atoms with Gasteiger partial charge in [-0.25, -0.2) is 0 Å². The molecule has 84 valence electrons. The van der Waals surface area contributed by atoms with Gasteiger partial charge in [-0.15, -0.1) is 0 Å². The van der Waals surface area contributed by atoms with Crippen LogP contribution in [0.3, 0.4) is 0 Å². The summed E-state index contributed by atoms with van der Waals surface area (Å²) in [5.74, 6) is 0. The third-order valence-electron chi connectivity index (χ3n) is 2.12. The van der Waals surface area contributed by atoms with Crippen LogP contribution in [0.2, 0.25) is 10.0 Å². The zero-order valence-electron chi connectivity index (χ0n) is 8.85. The zero-order valence-corrected chi connectivity index (χ0v) is 10.4. The number of nitrogens with one attached hydrogen (secondary N) is 1. The van der Waals surface area contributed by atoms with Gasteiger partial charge in [-0.1, -0.05) is 23.2 Å². The van der Waals surface area contributed by atoms with Gasteiger partial charge in [-0.2, -0.15) is 0 Å². The normalized spacial score (nSPS) is 10.4. The SMILES string of the molecule is CNCCN(C)c1c(Cl)cc(N)cc1Cl. The molecule has 0 fully saturated rings. The summed E-state index contributed by atoms with van der Waals surface area (Å²) >= 11 is 12.2. The van der Waals surface area contributed by atoms with Gasteiger partial charge < -0.3 is 16.0 Å². The lowest BCUT2D eigenvalue weighted by atomic mass is 10.2. The van der Waals surface area contributed by atoms with Gasteiger partial charge in [-0.3, -0.25) is 0 Å². The van der Waals surface area contributed by atoms with Crippen molar-refractivity contribution in [1.29, 1.82) is 0 Å². The number of nitrogen functional groups attached to an aromatic ring is 1. The quantitative estimate of drug-likeness (QED) is 0.803. The van der Waals surface area contributed by atoms with Crippen molar-refractivity contribution in [2.75, 3.05) is 37.8 Å². The molecule has 0 aromatic heterocycles. The van der Waals surface area contributed by atoms with Gasteiger partial charge in [-0.05, 0) is 19.2 Å². The van der Waals surface area contributed by atoms with E-state index in [0.717, 1.165) is 18.8 Å². The molecule has 1 rings (SSSR count). The summed E-state index contributed by atoms with van der Waals surface area (Å²) in [6, 6.07) is 3.41. The summed E-state index contributed by atoms with van der Waals surface area (Å²) in [7, 11) is 3.85. The molecule has 1 aromatic carbocycles. The maximum atomic E-state index is 6.08. The molecule has 0 heterocycles. The Hall–Kier alpha value is -0.640. The summed E-state index contributed by atoms with van der Waals surface area (Å²) in [6.07, 6.45) is 0. The first-order chi connectivity index (χ1) is 7.06. The van der Waals surface area contributed by atoms with E-state index in [9.17, 15) is 0 Å². The van der Waals surface area contributed by atoms with Gasteiger partial charge in [0.25, 0.3) is 0 Å². The highest BCUT2D eigenvalue weighted by Gasteiger charge is 2.11. The maximum Gasteiger partial charge on any atom is 0.0744 e. The number of rotatable bonds is 4. The van der Waals surface area contributed by atoms with E-state index in [0.29, 0.717) is 15.7 Å². The Morgan fingerprint density at radius 3 is 2.33 bits per heavy atom. The second kappa shape index (κ2) is 5.45. The third kappa shape index (κ3) is 3.16. The number of likely N-dealkylation sites (N-methyl/N-ethyl adjacent to an activating group) is 2. The molecule has 0 aliphatic rings. The molecule has 0 radical (unpaired) electrons. The van der Waals surface area contributed by atoms with Crippen molar-refractivity contribution in [3.8, 4) is 0 Å². The van der Waals surface area contributed by atoms with Crippen molar-refractivity contribution in [3.63, 3.8) is 0 Å². The van der Waals surface area contributed by atoms with E-state index >= 15 is 0 Å². The fourth-order valence-electron chi connectivity index (χ4n) is 1.34. The van der Waals surface area contributed by atoms with E-state index in [-0.39, 0.29) is 0 Å². The van der Waals surface area contributed by atoms with Gasteiger partial charge in [0.05, 0.1) is 15.7 Å². The van der Waals surface area contributed by atoms with E-state index < -0.39 is 0 Å². The molecule has 0 aliphatic heterocycles. The van der Waals surface area contributed by atoms with Gasteiger partial charge in [0.2, 0.25) is 0 Å². The topological polar surface area (TPSA) is 41.3 Å². The van der Waals surface area contributed by atoms with Crippen LogP contribution in [0.5, 0.6) is 0 Å². The van der Waals surface area contributed by atoms with Crippen LogP contribution in [0.1, 0.15) is 0 Å². The van der Waals surface area contributed by atoms with Gasteiger partial charge in [0.1, 0.15) is 0 Å². The van der Waals surface area contributed by atoms with Gasteiger partial charge >= 0.3 is 0 Å². The summed E-state index contributed by atoms with van der Waals surface area (Å²) in [5.41, 5.74) is 7.03. The lowest BCUT2D eigenvalue weighted by Gasteiger charge is -2.22. The number of hydrogen-bond acceptors (Lipinski definition) is 3. The van der Waals surface area contributed by atoms with Crippen LogP contribution in [0.15, 0.2) is 12.1 Å². The third-order valence-corrected chi connectivity index (χ3v) is 2.69. The molecule has 0 aliphatic carbocycles. The van der Waals surface area contributed by atoms with Crippen molar-refractivity contribution in [2.24, 2.45) is 0 Å². The fourth-order valence-corrected chi connectivity index (χ4v) is 2.13. The highest BCUT2D eigenvalue weighted by atomic mass is 35.5. The second-order valence-electron chi connectivity index (χ2n) is 3.36. The summed E-state index contributed by atoms with van der Waals surface area (Å²) in [6.45, 7) is 1.70. The van der Waals surface area contributed by atoms with E-state index in [2.05, 4.69) is 5.32 Å². The van der Waals surface area contributed by atoms with Crippen LogP contribution in [-0.4, -0.2) is 27.2 Å². The molecular formula is C10H15Cl2N3. The Balaban J connectivity index is 2.92. The summed E-state index contributed by atoms with van der Waals surface area (Å²) in [5, 5.41) is 4.23. The first-order valence-corrected chi connectivity index (χ1v) is 5.42. The van der Waals surface area contributed by atoms with Crippen molar-refractivity contribution in [1.82, 2.24) is 5.32 Å². The standard InChI is InChI=1S/C10H15Cl2N3/c1-14-3-4-15(2)10-8(11)5-7(13)6-9(10)12/h5-6,14H,3-4,13H2,1-2H3. The van der Waals surface area contributed by atoms with Crippen LogP contribution in [0.25, 0.3) is 0 Å². The molecule has 0 spiro atoms. The van der Waals surface area contributed by atoms with Crippen molar-refractivity contribution in [2.45, 2.75) is 0 Å². The fraction of sp³-hybridized carbons (Fsp3) is 0.400. The lowest BCUT2D eigenvalue weighted by Crippen LogP contribution is -2.27. The minimum Gasteiger partial charge on any atom is -0.399 e. The Morgan fingerprint density at radius 2 is 1.87 bits per heavy atom. The second-order valence-corrected chi connectivity index (χ2v) is 4.17. The number of halogens is 2. The predicted octanol–water partition coefficient (Wildman–Crippen LogP) is 2.23. The molecule has 0 amide bonds. The molecule has 0 bridgehead atoms. The van der Waals surface area contributed by atoms with Crippen LogP contribution in [0.4, 0.5) is 11.4 Å². The minimum atomic E-state index is 0.579. The van der Waals surface area contributed by atoms with Crippen LogP contribution < -0.4 is 16.0 Å². The Morgan fingerprint density at radius 1 is 1.33 bits per heavy atom. The lowest BCUT2D eigenvalue weighted by molar-refractivity contribution is 0.768. The zero-order chi connectivity index (χ0) is 11.4. The number of hydrogen-bond donors (Lipinski definition) is 2. The summed E-state index contributed by atoms with van der Waals surface area (Å²) < 4.78 is 0. The molecule has 1 aromatic rings. The minimum absolute atomic E-state index is 0.579. The highest BCUT2D eigenvalue weighted by molar-refractivity contribution is 6.39. The molecule has 3 N–H and O–H groups in total. The van der Waals surface area contributed by atoms with Crippen LogP contribution in [-0.2, 0) is 0 Å². The average Bonchev–Trinajstić information content (AvgIpc) is 2.12. The predicted molar refractivity (Wildman–Crippen MR) is 68.1 cm³/mol. The van der Waals surface area contributed by atoms with Crippen LogP contribution >= 0.6 is 23.2 Å². The Bertz CT molecular complexity index is 318. The van der Waals surface area contributed by atoms with E-state index in [4.69, 9.17) is 28.9 Å². The average molecular weight is 248 g/mol. The Labute approximate surface area is 100 Å². The first-order valence-electron chi connectivity index (χ1n) is 4.66. The van der Waals surface area contributed by atoms with E-state index in [1.165, 1.54) is 0 Å². The van der Waals surface area contributed by atoms with E-state index in [1.54, 1.807) is 12.1 Å². The largest absolute Gasteiger partial charge is 0.399 e. The van der Waals surface area contributed by atoms with Crippen molar-refractivity contribution >= 4 is 34.6 Å². The molecule has 0 atom stereocenters. The monoisotopic (exact) mass is 247 g/mol. The molecule has 0 saturated carbocycles. The molecule has 5 heteroatoms. The van der Waals surface area contributed by atoms with E-state index in [1.807, 2.05) is 19.0 Å².